The third-order valence-corrected chi connectivity index (χ3v) is 6.06. The van der Waals surface area contributed by atoms with E-state index in [-0.39, 0.29) is 24.1 Å². The van der Waals surface area contributed by atoms with Crippen molar-refractivity contribution in [2.75, 3.05) is 6.54 Å². The lowest BCUT2D eigenvalue weighted by Crippen LogP contribution is -2.55. The van der Waals surface area contributed by atoms with Crippen LogP contribution in [-0.4, -0.2) is 65.6 Å². The number of nitrogens with one attached hydrogen (secondary N) is 1. The summed E-state index contributed by atoms with van der Waals surface area (Å²) in [6.07, 6.45) is 3.26. The molecular formula is C13H20N4O7S. The number of carbonyl (C=O) groups excluding carboxylic acids is 2. The van der Waals surface area contributed by atoms with Gasteiger partial charge in [-0.15, -0.1) is 4.28 Å². The van der Waals surface area contributed by atoms with Gasteiger partial charge in [0.25, 0.3) is 5.91 Å². The number of hydrogen-bond donors (Lipinski definition) is 3. The molecule has 2 saturated heterocycles. The van der Waals surface area contributed by atoms with E-state index in [2.05, 4.69) is 9.76 Å². The van der Waals surface area contributed by atoms with Gasteiger partial charge < -0.3 is 10.6 Å². The molecular weight excluding hydrogens is 356 g/mol. The summed E-state index contributed by atoms with van der Waals surface area (Å²) in [7, 11) is -4.82. The molecule has 3 amide bonds. The van der Waals surface area contributed by atoms with Crippen LogP contribution in [-0.2, 0) is 24.3 Å². The highest BCUT2D eigenvalue weighted by molar-refractivity contribution is 7.80. The fourth-order valence-electron chi connectivity index (χ4n) is 3.89. The smallest absolute Gasteiger partial charge is 0.325 e. The first kappa shape index (κ1) is 17.0. The summed E-state index contributed by atoms with van der Waals surface area (Å²) >= 11 is 0. The molecule has 2 bridgehead atoms. The van der Waals surface area contributed by atoms with Crippen molar-refractivity contribution in [1.82, 2.24) is 15.4 Å². The van der Waals surface area contributed by atoms with Crippen molar-refractivity contribution in [3.63, 3.8) is 0 Å². The molecule has 140 valence electrons. The van der Waals surface area contributed by atoms with E-state index < -0.39 is 34.4 Å². The van der Waals surface area contributed by atoms with Gasteiger partial charge in [0.1, 0.15) is 12.1 Å². The van der Waals surface area contributed by atoms with Crippen LogP contribution in [0.15, 0.2) is 0 Å². The molecule has 12 heteroatoms. The SMILES string of the molecule is NC1CCC1ONC(=O)C1CC2(CC2)C2CN1C(=O)N2OS(=O)(=O)O. The Hall–Kier alpha value is -1.47. The number of nitrogens with two attached hydrogens (primary N) is 1. The number of carbonyl (C=O) groups is 2. The molecule has 2 heterocycles. The van der Waals surface area contributed by atoms with Gasteiger partial charge in [-0.25, -0.2) is 10.3 Å². The van der Waals surface area contributed by atoms with Crippen molar-refractivity contribution in [1.29, 1.82) is 0 Å². The quantitative estimate of drug-likeness (QED) is 0.405. The molecule has 25 heavy (non-hydrogen) atoms. The van der Waals surface area contributed by atoms with E-state index in [0.717, 1.165) is 25.7 Å². The molecule has 4 rings (SSSR count). The summed E-state index contributed by atoms with van der Waals surface area (Å²) in [4.78, 5) is 31.5. The van der Waals surface area contributed by atoms with Gasteiger partial charge >= 0.3 is 16.4 Å². The van der Waals surface area contributed by atoms with Gasteiger partial charge in [0.05, 0.1) is 6.04 Å². The molecule has 0 aromatic rings. The van der Waals surface area contributed by atoms with Crippen LogP contribution in [0.3, 0.4) is 0 Å². The van der Waals surface area contributed by atoms with Crippen LogP contribution < -0.4 is 11.2 Å². The Kier molecular flexibility index (Phi) is 3.74. The lowest BCUT2D eigenvalue weighted by molar-refractivity contribution is -0.150. The minimum absolute atomic E-state index is 0.113. The standard InChI is InChI=1S/C13H20N4O7S/c14-7-1-2-9(7)23-15-11(18)8-5-13(3-4-13)10-6-16(8)12(19)17(10)24-25(20,21)22/h7-10H,1-6,14H2,(H,15,18)(H,20,21,22). The van der Waals surface area contributed by atoms with Crippen LogP contribution in [0.5, 0.6) is 0 Å². The van der Waals surface area contributed by atoms with Crippen LogP contribution in [0.2, 0.25) is 0 Å². The zero-order chi connectivity index (χ0) is 18.0. The molecule has 0 radical (unpaired) electrons. The van der Waals surface area contributed by atoms with Gasteiger partial charge in [-0.1, -0.05) is 0 Å². The number of piperidine rings is 1. The van der Waals surface area contributed by atoms with Gasteiger partial charge in [0, 0.05) is 12.6 Å². The molecule has 0 aromatic heterocycles. The average Bonchev–Trinajstić information content (AvgIpc) is 3.24. The maximum absolute atomic E-state index is 12.5. The van der Waals surface area contributed by atoms with Gasteiger partial charge in [0.2, 0.25) is 0 Å². The lowest BCUT2D eigenvalue weighted by atomic mass is 9.85. The van der Waals surface area contributed by atoms with Gasteiger partial charge in [-0.05, 0) is 37.5 Å². The Balaban J connectivity index is 1.48. The lowest BCUT2D eigenvalue weighted by Gasteiger charge is -2.37. The number of hydroxylamine groups is 3. The highest BCUT2D eigenvalue weighted by Gasteiger charge is 2.65. The number of nitrogens with zero attached hydrogens (tertiary/aromatic N) is 2. The van der Waals surface area contributed by atoms with E-state index in [1.165, 1.54) is 4.90 Å². The Morgan fingerprint density at radius 3 is 2.60 bits per heavy atom. The summed E-state index contributed by atoms with van der Waals surface area (Å²) in [5.74, 6) is -0.467. The van der Waals surface area contributed by atoms with Crippen LogP contribution in [0.25, 0.3) is 0 Å². The molecule has 11 nitrogen and oxygen atoms in total. The minimum Gasteiger partial charge on any atom is -0.325 e. The molecule has 4 fully saturated rings. The Morgan fingerprint density at radius 2 is 2.08 bits per heavy atom. The maximum atomic E-state index is 12.5. The number of rotatable bonds is 5. The Morgan fingerprint density at radius 1 is 1.36 bits per heavy atom. The Bertz CT molecular complexity index is 709. The van der Waals surface area contributed by atoms with E-state index in [1.807, 2.05) is 0 Å². The summed E-state index contributed by atoms with van der Waals surface area (Å²) < 4.78 is 35.4. The van der Waals surface area contributed by atoms with E-state index in [4.69, 9.17) is 15.1 Å². The second kappa shape index (κ2) is 5.51. The molecule has 4 atom stereocenters. The number of amides is 3. The van der Waals surface area contributed by atoms with Crippen molar-refractivity contribution in [3.05, 3.63) is 0 Å². The predicted molar refractivity (Wildman–Crippen MR) is 80.7 cm³/mol. The van der Waals surface area contributed by atoms with Gasteiger partial charge in [-0.3, -0.25) is 14.2 Å². The van der Waals surface area contributed by atoms with Gasteiger partial charge in [-0.2, -0.15) is 13.5 Å². The molecule has 4 unspecified atom stereocenters. The third kappa shape index (κ3) is 2.87. The largest absolute Gasteiger partial charge is 0.418 e. The maximum Gasteiger partial charge on any atom is 0.418 e. The fourth-order valence-corrected chi connectivity index (χ4v) is 4.26. The first-order valence-corrected chi connectivity index (χ1v) is 9.55. The molecule has 1 spiro atoms. The highest BCUT2D eigenvalue weighted by atomic mass is 32.3. The number of fused-ring (bicyclic) bond motifs is 3. The fraction of sp³-hybridized carbons (Fsp3) is 0.846. The minimum atomic E-state index is -4.82. The summed E-state index contributed by atoms with van der Waals surface area (Å²) in [6, 6.07) is -2.16. The molecule has 2 saturated carbocycles. The van der Waals surface area contributed by atoms with E-state index in [1.54, 1.807) is 0 Å². The Labute approximate surface area is 144 Å². The molecule has 0 aromatic carbocycles. The second-order valence-corrected chi connectivity index (χ2v) is 8.23. The topological polar surface area (TPSA) is 151 Å². The van der Waals surface area contributed by atoms with Crippen molar-refractivity contribution in [2.24, 2.45) is 11.1 Å². The third-order valence-electron chi connectivity index (χ3n) is 5.71. The number of hydrogen-bond acceptors (Lipinski definition) is 7. The summed E-state index contributed by atoms with van der Waals surface area (Å²) in [5, 5.41) is 0.679. The van der Waals surface area contributed by atoms with E-state index >= 15 is 0 Å². The average molecular weight is 376 g/mol. The molecule has 4 N–H and O–H groups in total. The van der Waals surface area contributed by atoms with Crippen molar-refractivity contribution in [3.8, 4) is 0 Å². The van der Waals surface area contributed by atoms with E-state index in [9.17, 15) is 18.0 Å². The predicted octanol–water partition coefficient (Wildman–Crippen LogP) is -1.08. The second-order valence-electron chi connectivity index (χ2n) is 7.22. The first-order chi connectivity index (χ1) is 11.7. The van der Waals surface area contributed by atoms with Crippen LogP contribution in [0, 0.1) is 5.41 Å². The molecule has 2 aliphatic heterocycles. The van der Waals surface area contributed by atoms with Crippen LogP contribution in [0.4, 0.5) is 4.79 Å². The van der Waals surface area contributed by atoms with Gasteiger partial charge in [0.15, 0.2) is 0 Å². The zero-order valence-corrected chi connectivity index (χ0v) is 14.1. The van der Waals surface area contributed by atoms with Crippen molar-refractivity contribution < 1.29 is 31.7 Å². The first-order valence-electron chi connectivity index (χ1n) is 8.18. The highest BCUT2D eigenvalue weighted by Crippen LogP contribution is 2.59. The molecule has 2 aliphatic carbocycles. The van der Waals surface area contributed by atoms with E-state index in [0.29, 0.717) is 11.5 Å². The number of urea groups is 1. The van der Waals surface area contributed by atoms with Crippen molar-refractivity contribution >= 4 is 22.3 Å². The zero-order valence-electron chi connectivity index (χ0n) is 13.3. The molecule has 4 aliphatic rings. The normalized spacial score (nSPS) is 35.7. The van der Waals surface area contributed by atoms with Crippen LogP contribution in [0.1, 0.15) is 32.1 Å². The summed E-state index contributed by atoms with van der Waals surface area (Å²) in [5.41, 5.74) is 7.76. The van der Waals surface area contributed by atoms with Crippen molar-refractivity contribution in [2.45, 2.75) is 56.3 Å². The van der Waals surface area contributed by atoms with Crippen LogP contribution >= 0.6 is 0 Å². The monoisotopic (exact) mass is 376 g/mol. The summed E-state index contributed by atoms with van der Waals surface area (Å²) in [6.45, 7) is 0.162.